The van der Waals surface area contributed by atoms with Crippen LogP contribution in [0.4, 0.5) is 5.82 Å². The molecule has 0 unspecified atom stereocenters. The average Bonchev–Trinajstić information content (AvgIpc) is 2.91. The van der Waals surface area contributed by atoms with Crippen molar-refractivity contribution in [2.24, 2.45) is 0 Å². The first-order chi connectivity index (χ1) is 17.4. The van der Waals surface area contributed by atoms with E-state index in [2.05, 4.69) is 67.6 Å². The molecule has 0 fully saturated rings. The van der Waals surface area contributed by atoms with Gasteiger partial charge in [-0.2, -0.15) is 0 Å². The van der Waals surface area contributed by atoms with Crippen LogP contribution in [-0.2, 0) is 6.42 Å². The summed E-state index contributed by atoms with van der Waals surface area (Å²) in [5.41, 5.74) is 4.55. The molecule has 0 aliphatic carbocycles. The van der Waals surface area contributed by atoms with Crippen LogP contribution in [0.2, 0.25) is 0 Å². The van der Waals surface area contributed by atoms with Crippen molar-refractivity contribution in [3.8, 4) is 0 Å². The highest BCUT2D eigenvalue weighted by atomic mass is 32.2. The molecule has 0 aliphatic rings. The molecule has 5 heteroatoms. The molecule has 3 rings (SSSR count). The maximum Gasteiger partial charge on any atom is 0.251 e. The van der Waals surface area contributed by atoms with Gasteiger partial charge >= 0.3 is 0 Å². The van der Waals surface area contributed by atoms with Gasteiger partial charge in [-0.3, -0.25) is 4.79 Å². The maximum absolute atomic E-state index is 11.9. The Kier molecular flexibility index (Phi) is 18.8. The molecule has 0 bridgehead atoms. The summed E-state index contributed by atoms with van der Waals surface area (Å²) >= 11 is 1.58. The molecular weight excluding hydrogens is 462 g/mol. The van der Waals surface area contributed by atoms with Crippen LogP contribution < -0.4 is 10.6 Å². The number of anilines is 1. The topological polar surface area (TPSA) is 54.0 Å². The van der Waals surface area contributed by atoms with E-state index in [0.29, 0.717) is 6.54 Å². The molecule has 2 N–H and O–H groups in total. The number of amides is 1. The molecule has 0 aliphatic heterocycles. The van der Waals surface area contributed by atoms with Crippen LogP contribution >= 0.6 is 11.8 Å². The van der Waals surface area contributed by atoms with Gasteiger partial charge in [-0.15, -0.1) is 0 Å². The lowest BCUT2D eigenvalue weighted by Gasteiger charge is -2.08. The third-order valence-corrected chi connectivity index (χ3v) is 6.05. The second-order valence-electron chi connectivity index (χ2n) is 7.83. The van der Waals surface area contributed by atoms with Gasteiger partial charge in [0.25, 0.3) is 5.91 Å². The third kappa shape index (κ3) is 12.8. The van der Waals surface area contributed by atoms with Gasteiger partial charge in [0.05, 0.1) is 0 Å². The summed E-state index contributed by atoms with van der Waals surface area (Å²) in [7, 11) is 1.85. The number of nitrogens with zero attached hydrogens (tertiary/aromatic N) is 1. The van der Waals surface area contributed by atoms with Crippen molar-refractivity contribution in [2.45, 2.75) is 84.6 Å². The Hall–Kier alpha value is -2.79. The lowest BCUT2D eigenvalue weighted by atomic mass is 10.1. The van der Waals surface area contributed by atoms with Gasteiger partial charge in [0, 0.05) is 24.1 Å². The summed E-state index contributed by atoms with van der Waals surface area (Å²) in [6.07, 6.45) is 3.78. The van der Waals surface area contributed by atoms with Gasteiger partial charge in [-0.1, -0.05) is 89.6 Å². The van der Waals surface area contributed by atoms with Crippen LogP contribution in [0.1, 0.15) is 81.4 Å². The summed E-state index contributed by atoms with van der Waals surface area (Å²) in [4.78, 5) is 17.4. The minimum Gasteiger partial charge on any atom is -0.373 e. The van der Waals surface area contributed by atoms with Crippen LogP contribution in [0.25, 0.3) is 0 Å². The van der Waals surface area contributed by atoms with E-state index in [0.717, 1.165) is 33.3 Å². The number of aryl methyl sites for hydroxylation is 3. The van der Waals surface area contributed by atoms with Crippen LogP contribution in [0.3, 0.4) is 0 Å². The fourth-order valence-corrected chi connectivity index (χ4v) is 3.85. The number of unbranched alkanes of at least 4 members (excludes halogenated alkanes) is 1. The van der Waals surface area contributed by atoms with E-state index in [4.69, 9.17) is 0 Å². The van der Waals surface area contributed by atoms with Crippen LogP contribution in [0, 0.1) is 13.8 Å². The summed E-state index contributed by atoms with van der Waals surface area (Å²) in [6, 6.07) is 20.2. The molecule has 1 heterocycles. The Morgan fingerprint density at radius 3 is 2.03 bits per heavy atom. The maximum atomic E-state index is 11.9. The molecule has 0 atom stereocenters. The van der Waals surface area contributed by atoms with Gasteiger partial charge in [0.2, 0.25) is 0 Å². The van der Waals surface area contributed by atoms with E-state index >= 15 is 0 Å². The second kappa shape index (κ2) is 20.4. The zero-order valence-corrected chi connectivity index (χ0v) is 24.7. The average molecular weight is 510 g/mol. The van der Waals surface area contributed by atoms with Crippen LogP contribution in [0.15, 0.2) is 70.6 Å². The first-order valence-corrected chi connectivity index (χ1v) is 14.0. The van der Waals surface area contributed by atoms with Gasteiger partial charge in [0.1, 0.15) is 10.8 Å². The molecule has 4 nitrogen and oxygen atoms in total. The first-order valence-electron chi connectivity index (χ1n) is 13.2. The predicted molar refractivity (Wildman–Crippen MR) is 160 cm³/mol. The fraction of sp³-hybridized carbons (Fsp3) is 0.419. The van der Waals surface area contributed by atoms with Crippen LogP contribution in [0.5, 0.6) is 0 Å². The lowest BCUT2D eigenvalue weighted by molar-refractivity contribution is 0.0955. The zero-order valence-electron chi connectivity index (χ0n) is 23.9. The molecule has 0 radical (unpaired) electrons. The molecule has 198 valence electrons. The van der Waals surface area contributed by atoms with Gasteiger partial charge in [-0.25, -0.2) is 4.98 Å². The quantitative estimate of drug-likeness (QED) is 0.334. The number of pyridine rings is 1. The van der Waals surface area contributed by atoms with Crippen molar-refractivity contribution >= 4 is 23.5 Å². The van der Waals surface area contributed by atoms with E-state index in [-0.39, 0.29) is 5.91 Å². The summed E-state index contributed by atoms with van der Waals surface area (Å²) in [5, 5.41) is 6.77. The second-order valence-corrected chi connectivity index (χ2v) is 8.92. The Balaban J connectivity index is 0.000000673. The number of benzene rings is 2. The molecule has 1 amide bonds. The largest absolute Gasteiger partial charge is 0.373 e. The smallest absolute Gasteiger partial charge is 0.251 e. The molecule has 2 aromatic carbocycles. The molecule has 0 saturated heterocycles. The number of carbonyl (C=O) groups excluding carboxylic acids is 1. The predicted octanol–water partition coefficient (Wildman–Crippen LogP) is 8.72. The molecule has 3 aromatic rings. The number of nitrogens with one attached hydrogen (secondary N) is 2. The number of rotatable bonds is 7. The summed E-state index contributed by atoms with van der Waals surface area (Å²) < 4.78 is 0. The van der Waals surface area contributed by atoms with Crippen molar-refractivity contribution in [1.29, 1.82) is 0 Å². The van der Waals surface area contributed by atoms with Gasteiger partial charge in [-0.05, 0) is 74.2 Å². The van der Waals surface area contributed by atoms with Crippen molar-refractivity contribution in [3.63, 3.8) is 0 Å². The Labute approximate surface area is 224 Å². The van der Waals surface area contributed by atoms with Crippen molar-refractivity contribution < 1.29 is 4.79 Å². The zero-order chi connectivity index (χ0) is 27.3. The summed E-state index contributed by atoms with van der Waals surface area (Å²) in [6.45, 7) is 17.2. The lowest BCUT2D eigenvalue weighted by Crippen LogP contribution is -2.23. The van der Waals surface area contributed by atoms with E-state index in [1.807, 2.05) is 71.1 Å². The fourth-order valence-electron chi connectivity index (χ4n) is 2.95. The molecule has 36 heavy (non-hydrogen) atoms. The number of aromatic nitrogens is 1. The molecule has 0 spiro atoms. The van der Waals surface area contributed by atoms with Gasteiger partial charge in [0.15, 0.2) is 0 Å². The van der Waals surface area contributed by atoms with Crippen molar-refractivity contribution in [1.82, 2.24) is 10.3 Å². The van der Waals surface area contributed by atoms with E-state index in [1.165, 1.54) is 24.0 Å². The number of carbonyl (C=O) groups is 1. The normalized spacial score (nSPS) is 9.36. The number of hydrogen-bond donors (Lipinski definition) is 2. The van der Waals surface area contributed by atoms with Crippen molar-refractivity contribution in [2.75, 3.05) is 18.9 Å². The highest BCUT2D eigenvalue weighted by Gasteiger charge is 2.09. The SMILES string of the molecule is CC.CCCC.CCNC(=O)c1ccc(Sc2cccc(NC)n2)cc1C.CCc1ccccc1C. The van der Waals surface area contributed by atoms with E-state index in [1.54, 1.807) is 11.8 Å². The molecule has 1 aromatic heterocycles. The van der Waals surface area contributed by atoms with E-state index < -0.39 is 0 Å². The highest BCUT2D eigenvalue weighted by Crippen LogP contribution is 2.28. The molecule has 0 saturated carbocycles. The minimum absolute atomic E-state index is 0.0261. The summed E-state index contributed by atoms with van der Waals surface area (Å²) in [5.74, 6) is 0.817. The first kappa shape index (κ1) is 33.2. The minimum atomic E-state index is -0.0261. The Morgan fingerprint density at radius 1 is 0.861 bits per heavy atom. The third-order valence-electron chi connectivity index (χ3n) is 5.12. The Bertz CT molecular complexity index is 1000. The monoisotopic (exact) mass is 509 g/mol. The van der Waals surface area contributed by atoms with Crippen molar-refractivity contribution in [3.05, 3.63) is 82.9 Å². The Morgan fingerprint density at radius 2 is 1.53 bits per heavy atom. The van der Waals surface area contributed by atoms with Crippen LogP contribution in [-0.4, -0.2) is 24.5 Å². The molecular formula is C31H47N3OS. The van der Waals surface area contributed by atoms with Gasteiger partial charge < -0.3 is 10.6 Å². The van der Waals surface area contributed by atoms with E-state index in [9.17, 15) is 4.79 Å². The number of hydrogen-bond acceptors (Lipinski definition) is 4. The standard InChI is InChI=1S/C16H19N3OS.C9H12.C4H10.C2H6/c1-4-18-16(20)13-9-8-12(10-11(13)2)21-15-7-5-6-14(17-3)19-15;1-3-9-7-5-4-6-8(9)2;1-3-4-2;1-2/h5-10H,4H2,1-3H3,(H,17,19)(H,18,20);4-7H,3H2,1-2H3;3-4H2,1-2H3;1-2H3. The highest BCUT2D eigenvalue weighted by molar-refractivity contribution is 7.99.